The highest BCUT2D eigenvalue weighted by atomic mass is 16.5. The van der Waals surface area contributed by atoms with E-state index in [1.807, 2.05) is 0 Å². The predicted molar refractivity (Wildman–Crippen MR) is 87.4 cm³/mol. The molecule has 1 aromatic heterocycles. The van der Waals surface area contributed by atoms with Crippen LogP contribution in [0, 0.1) is 6.92 Å². The van der Waals surface area contributed by atoms with Crippen molar-refractivity contribution < 1.29 is 14.1 Å². The Morgan fingerprint density at radius 1 is 1.00 bits per heavy atom. The molecule has 0 saturated carbocycles. The molecular formula is C17H14N4O3. The molecule has 120 valence electrons. The number of nitrogens with one attached hydrogen (secondary N) is 1. The van der Waals surface area contributed by atoms with E-state index >= 15 is 0 Å². The Morgan fingerprint density at radius 2 is 1.62 bits per heavy atom. The molecule has 0 bridgehead atoms. The van der Waals surface area contributed by atoms with Crippen LogP contribution in [0.3, 0.4) is 0 Å². The number of nitrogens with zero attached hydrogens (tertiary/aromatic N) is 2. The van der Waals surface area contributed by atoms with Gasteiger partial charge < -0.3 is 15.6 Å². The normalized spacial score (nSPS) is 10.4. The second kappa shape index (κ2) is 6.33. The fourth-order valence-corrected chi connectivity index (χ4v) is 2.10. The lowest BCUT2D eigenvalue weighted by Crippen LogP contribution is -2.13. The zero-order valence-corrected chi connectivity index (χ0v) is 12.8. The summed E-state index contributed by atoms with van der Waals surface area (Å²) in [7, 11) is 0. The van der Waals surface area contributed by atoms with E-state index in [9.17, 15) is 9.59 Å². The molecule has 0 atom stereocenters. The third-order valence-corrected chi connectivity index (χ3v) is 3.35. The molecule has 0 saturated heterocycles. The SMILES string of the molecule is Cc1noc(-c2ccc(C(=O)Nc3ccc(C(N)=O)cc3)cc2)n1. The van der Waals surface area contributed by atoms with Gasteiger partial charge >= 0.3 is 0 Å². The summed E-state index contributed by atoms with van der Waals surface area (Å²) in [6.07, 6.45) is 0. The number of rotatable bonds is 4. The van der Waals surface area contributed by atoms with Crippen LogP contribution in [0.5, 0.6) is 0 Å². The van der Waals surface area contributed by atoms with Crippen LogP contribution in [0.1, 0.15) is 26.5 Å². The van der Waals surface area contributed by atoms with E-state index in [-0.39, 0.29) is 5.91 Å². The van der Waals surface area contributed by atoms with Crippen molar-refractivity contribution in [1.29, 1.82) is 0 Å². The summed E-state index contributed by atoms with van der Waals surface area (Å²) in [5, 5.41) is 6.47. The third-order valence-electron chi connectivity index (χ3n) is 3.35. The Morgan fingerprint density at radius 3 is 2.17 bits per heavy atom. The van der Waals surface area contributed by atoms with Gasteiger partial charge in [0.05, 0.1) is 0 Å². The zero-order valence-electron chi connectivity index (χ0n) is 12.8. The zero-order chi connectivity index (χ0) is 17.1. The molecule has 7 heteroatoms. The summed E-state index contributed by atoms with van der Waals surface area (Å²) >= 11 is 0. The van der Waals surface area contributed by atoms with Gasteiger partial charge in [-0.25, -0.2) is 0 Å². The number of anilines is 1. The maximum Gasteiger partial charge on any atom is 0.257 e. The molecule has 1 heterocycles. The molecule has 0 fully saturated rings. The monoisotopic (exact) mass is 322 g/mol. The fraction of sp³-hybridized carbons (Fsp3) is 0.0588. The average molecular weight is 322 g/mol. The number of aryl methyl sites for hydroxylation is 1. The van der Waals surface area contributed by atoms with E-state index < -0.39 is 5.91 Å². The number of benzene rings is 2. The van der Waals surface area contributed by atoms with Crippen LogP contribution in [0.15, 0.2) is 53.1 Å². The van der Waals surface area contributed by atoms with Gasteiger partial charge in [-0.05, 0) is 55.5 Å². The van der Waals surface area contributed by atoms with Gasteiger partial charge in [0, 0.05) is 22.4 Å². The van der Waals surface area contributed by atoms with E-state index in [1.165, 1.54) is 0 Å². The topological polar surface area (TPSA) is 111 Å². The number of carbonyl (C=O) groups excluding carboxylic acids is 2. The van der Waals surface area contributed by atoms with E-state index in [0.717, 1.165) is 5.56 Å². The molecule has 7 nitrogen and oxygen atoms in total. The first kappa shape index (κ1) is 15.4. The van der Waals surface area contributed by atoms with Crippen LogP contribution in [0.4, 0.5) is 5.69 Å². The Balaban J connectivity index is 1.72. The Hall–Kier alpha value is -3.48. The van der Waals surface area contributed by atoms with Crippen molar-refractivity contribution in [3.63, 3.8) is 0 Å². The van der Waals surface area contributed by atoms with Crippen molar-refractivity contribution >= 4 is 17.5 Å². The molecule has 0 aliphatic rings. The Kier molecular flexibility index (Phi) is 4.07. The lowest BCUT2D eigenvalue weighted by atomic mass is 10.1. The van der Waals surface area contributed by atoms with Crippen LogP contribution < -0.4 is 11.1 Å². The van der Waals surface area contributed by atoms with Gasteiger partial charge in [-0.3, -0.25) is 9.59 Å². The molecule has 2 aromatic carbocycles. The number of carbonyl (C=O) groups is 2. The van der Waals surface area contributed by atoms with Crippen molar-refractivity contribution in [2.45, 2.75) is 6.92 Å². The number of primary amides is 1. The van der Waals surface area contributed by atoms with Crippen LogP contribution in [-0.4, -0.2) is 22.0 Å². The van der Waals surface area contributed by atoms with Crippen molar-refractivity contribution in [1.82, 2.24) is 10.1 Å². The first-order chi connectivity index (χ1) is 11.5. The first-order valence-electron chi connectivity index (χ1n) is 7.15. The van der Waals surface area contributed by atoms with Crippen LogP contribution in [0.2, 0.25) is 0 Å². The average Bonchev–Trinajstić information content (AvgIpc) is 3.02. The molecule has 0 spiro atoms. The Labute approximate surface area is 137 Å². The summed E-state index contributed by atoms with van der Waals surface area (Å²) < 4.78 is 5.08. The van der Waals surface area contributed by atoms with Crippen molar-refractivity contribution in [3.05, 3.63) is 65.5 Å². The number of amides is 2. The summed E-state index contributed by atoms with van der Waals surface area (Å²) in [5.41, 5.74) is 7.34. The van der Waals surface area contributed by atoms with Gasteiger partial charge in [0.15, 0.2) is 5.82 Å². The van der Waals surface area contributed by atoms with Gasteiger partial charge in [0.25, 0.3) is 11.8 Å². The van der Waals surface area contributed by atoms with E-state index in [4.69, 9.17) is 10.3 Å². The highest BCUT2D eigenvalue weighted by molar-refractivity contribution is 6.04. The highest BCUT2D eigenvalue weighted by Gasteiger charge is 2.10. The van der Waals surface area contributed by atoms with Gasteiger partial charge in [0.2, 0.25) is 5.91 Å². The molecule has 0 aliphatic carbocycles. The summed E-state index contributed by atoms with van der Waals surface area (Å²) in [6.45, 7) is 1.73. The van der Waals surface area contributed by atoms with Crippen molar-refractivity contribution in [2.24, 2.45) is 5.73 Å². The second-order valence-corrected chi connectivity index (χ2v) is 5.12. The van der Waals surface area contributed by atoms with Crippen LogP contribution >= 0.6 is 0 Å². The van der Waals surface area contributed by atoms with Crippen molar-refractivity contribution in [2.75, 3.05) is 5.32 Å². The largest absolute Gasteiger partial charge is 0.366 e. The van der Waals surface area contributed by atoms with Crippen LogP contribution in [-0.2, 0) is 0 Å². The highest BCUT2D eigenvalue weighted by Crippen LogP contribution is 2.18. The summed E-state index contributed by atoms with van der Waals surface area (Å²) in [5.74, 6) is 0.169. The number of aromatic nitrogens is 2. The molecule has 0 radical (unpaired) electrons. The van der Waals surface area contributed by atoms with Gasteiger partial charge in [-0.2, -0.15) is 4.98 Å². The minimum absolute atomic E-state index is 0.268. The lowest BCUT2D eigenvalue weighted by Gasteiger charge is -2.06. The van der Waals surface area contributed by atoms with E-state index in [0.29, 0.717) is 28.5 Å². The lowest BCUT2D eigenvalue weighted by molar-refractivity contribution is 0.0998. The Bertz CT molecular complexity index is 883. The van der Waals surface area contributed by atoms with Crippen molar-refractivity contribution in [3.8, 4) is 11.5 Å². The summed E-state index contributed by atoms with van der Waals surface area (Å²) in [4.78, 5) is 27.4. The van der Waals surface area contributed by atoms with E-state index in [1.54, 1.807) is 55.5 Å². The van der Waals surface area contributed by atoms with Gasteiger partial charge in [0.1, 0.15) is 0 Å². The molecule has 3 rings (SSSR count). The van der Waals surface area contributed by atoms with E-state index in [2.05, 4.69) is 15.5 Å². The van der Waals surface area contributed by atoms with Gasteiger partial charge in [-0.15, -0.1) is 0 Å². The number of hydrogen-bond donors (Lipinski definition) is 2. The molecule has 3 aromatic rings. The van der Waals surface area contributed by atoms with Crippen LogP contribution in [0.25, 0.3) is 11.5 Å². The number of hydrogen-bond acceptors (Lipinski definition) is 5. The number of nitrogens with two attached hydrogens (primary N) is 1. The molecule has 3 N–H and O–H groups in total. The predicted octanol–water partition coefficient (Wildman–Crippen LogP) is 2.40. The maximum absolute atomic E-state index is 12.2. The second-order valence-electron chi connectivity index (χ2n) is 5.12. The first-order valence-corrected chi connectivity index (χ1v) is 7.15. The molecular weight excluding hydrogens is 308 g/mol. The quantitative estimate of drug-likeness (QED) is 0.766. The molecule has 2 amide bonds. The third kappa shape index (κ3) is 3.30. The smallest absolute Gasteiger partial charge is 0.257 e. The van der Waals surface area contributed by atoms with Gasteiger partial charge in [-0.1, -0.05) is 5.16 Å². The minimum Gasteiger partial charge on any atom is -0.366 e. The minimum atomic E-state index is -0.514. The fourth-order valence-electron chi connectivity index (χ4n) is 2.10. The maximum atomic E-state index is 12.2. The summed E-state index contributed by atoms with van der Waals surface area (Å²) in [6, 6.07) is 13.2. The molecule has 0 aliphatic heterocycles. The standard InChI is InChI=1S/C17H14N4O3/c1-10-19-17(24-21-10)13-4-2-12(3-5-13)16(23)20-14-8-6-11(7-9-14)15(18)22/h2-9H,1H3,(H2,18,22)(H,20,23). The molecule has 24 heavy (non-hydrogen) atoms. The molecule has 0 unspecified atom stereocenters.